The number of ether oxygens (including phenoxy) is 3. The maximum atomic E-state index is 12.4. The first kappa shape index (κ1) is 19.5. The number of carbonyl (C=O) groups excluding carboxylic acids is 1. The van der Waals surface area contributed by atoms with E-state index in [2.05, 4.69) is 5.32 Å². The minimum absolute atomic E-state index is 0.257. The van der Waals surface area contributed by atoms with Gasteiger partial charge in [-0.05, 0) is 25.1 Å². The van der Waals surface area contributed by atoms with Crippen LogP contribution in [0.1, 0.15) is 6.92 Å². The Morgan fingerprint density at radius 1 is 0.960 bits per heavy atom. The van der Waals surface area contributed by atoms with E-state index in [1.807, 2.05) is 0 Å². The molecule has 0 aliphatic carbocycles. The van der Waals surface area contributed by atoms with Crippen molar-refractivity contribution in [3.05, 3.63) is 45.4 Å². The fourth-order valence-corrected chi connectivity index (χ4v) is 2.57. The largest absolute Gasteiger partial charge is 0.497 e. The van der Waals surface area contributed by atoms with Gasteiger partial charge in [0.1, 0.15) is 17.2 Å². The van der Waals surface area contributed by atoms with Crippen molar-refractivity contribution in [2.75, 3.05) is 19.5 Å². The normalized spacial score (nSPS) is 11.6. The summed E-state index contributed by atoms with van der Waals surface area (Å²) in [4.78, 5) is 12.4. The topological polar surface area (TPSA) is 56.8 Å². The first-order valence-corrected chi connectivity index (χ1v) is 8.33. The molecule has 0 fully saturated rings. The van der Waals surface area contributed by atoms with Gasteiger partial charge in [-0.25, -0.2) is 0 Å². The molecule has 2 rings (SSSR count). The number of hydrogen-bond donors (Lipinski definition) is 1. The van der Waals surface area contributed by atoms with E-state index in [1.165, 1.54) is 26.4 Å². The van der Waals surface area contributed by atoms with Crippen molar-refractivity contribution in [2.45, 2.75) is 13.0 Å². The summed E-state index contributed by atoms with van der Waals surface area (Å²) in [6.07, 6.45) is -0.842. The van der Waals surface area contributed by atoms with E-state index in [4.69, 9.17) is 49.0 Å². The van der Waals surface area contributed by atoms with Gasteiger partial charge in [-0.2, -0.15) is 0 Å². The number of benzene rings is 2. The quantitative estimate of drug-likeness (QED) is 0.683. The highest BCUT2D eigenvalue weighted by atomic mass is 35.5. The van der Waals surface area contributed by atoms with Gasteiger partial charge >= 0.3 is 0 Å². The lowest BCUT2D eigenvalue weighted by Gasteiger charge is -2.17. The van der Waals surface area contributed by atoms with E-state index in [0.717, 1.165) is 0 Å². The van der Waals surface area contributed by atoms with Gasteiger partial charge in [0, 0.05) is 12.1 Å². The predicted octanol–water partition coefficient (Wildman–Crippen LogP) is 5.07. The molecule has 0 saturated heterocycles. The van der Waals surface area contributed by atoms with E-state index in [9.17, 15) is 4.79 Å². The molecule has 0 saturated carbocycles. The Kier molecular flexibility index (Phi) is 6.64. The van der Waals surface area contributed by atoms with Crippen LogP contribution in [0.3, 0.4) is 0 Å². The third kappa shape index (κ3) is 4.84. The molecule has 1 atom stereocenters. The monoisotopic (exact) mass is 403 g/mol. The van der Waals surface area contributed by atoms with Crippen LogP contribution in [-0.2, 0) is 4.79 Å². The smallest absolute Gasteiger partial charge is 0.265 e. The van der Waals surface area contributed by atoms with E-state index in [1.54, 1.807) is 25.1 Å². The summed E-state index contributed by atoms with van der Waals surface area (Å²) in [6.45, 7) is 1.58. The van der Waals surface area contributed by atoms with Gasteiger partial charge in [0.2, 0.25) is 0 Å². The van der Waals surface area contributed by atoms with Gasteiger partial charge in [-0.1, -0.05) is 34.8 Å². The zero-order valence-electron chi connectivity index (χ0n) is 13.7. The van der Waals surface area contributed by atoms with Gasteiger partial charge in [0.05, 0.1) is 35.0 Å². The second-order valence-electron chi connectivity index (χ2n) is 5.01. The lowest BCUT2D eigenvalue weighted by atomic mass is 10.2. The number of rotatable bonds is 6. The summed E-state index contributed by atoms with van der Waals surface area (Å²) in [5.74, 6) is 0.941. The first-order valence-electron chi connectivity index (χ1n) is 7.19. The highest BCUT2D eigenvalue weighted by Gasteiger charge is 2.19. The third-order valence-corrected chi connectivity index (χ3v) is 4.33. The van der Waals surface area contributed by atoms with Crippen LogP contribution < -0.4 is 19.5 Å². The predicted molar refractivity (Wildman–Crippen MR) is 99.7 cm³/mol. The molecule has 0 radical (unpaired) electrons. The zero-order chi connectivity index (χ0) is 18.6. The van der Waals surface area contributed by atoms with Crippen LogP contribution in [0, 0.1) is 0 Å². The maximum absolute atomic E-state index is 12.4. The van der Waals surface area contributed by atoms with Gasteiger partial charge in [0.25, 0.3) is 5.91 Å². The minimum atomic E-state index is -0.842. The van der Waals surface area contributed by atoms with E-state index in [-0.39, 0.29) is 15.8 Å². The molecule has 25 heavy (non-hydrogen) atoms. The van der Waals surface area contributed by atoms with Crippen LogP contribution in [0.4, 0.5) is 5.69 Å². The molecule has 1 amide bonds. The van der Waals surface area contributed by atoms with Crippen molar-refractivity contribution in [3.8, 4) is 17.2 Å². The van der Waals surface area contributed by atoms with Crippen LogP contribution in [-0.4, -0.2) is 26.2 Å². The fourth-order valence-electron chi connectivity index (χ4n) is 1.98. The molecule has 0 aromatic heterocycles. The third-order valence-electron chi connectivity index (χ3n) is 3.31. The number of anilines is 1. The Balaban J connectivity index is 2.14. The molecule has 2 aromatic carbocycles. The molecule has 0 aliphatic rings. The van der Waals surface area contributed by atoms with E-state index < -0.39 is 12.0 Å². The fraction of sp³-hybridized carbons (Fsp3) is 0.235. The minimum Gasteiger partial charge on any atom is -0.497 e. The van der Waals surface area contributed by atoms with Crippen LogP contribution >= 0.6 is 34.8 Å². The Bertz CT molecular complexity index is 783. The first-order chi connectivity index (χ1) is 11.8. The maximum Gasteiger partial charge on any atom is 0.265 e. The summed E-state index contributed by atoms with van der Waals surface area (Å²) in [6, 6.07) is 7.98. The van der Waals surface area contributed by atoms with Gasteiger partial charge in [-0.15, -0.1) is 0 Å². The molecule has 0 aliphatic heterocycles. The molecular formula is C17H16Cl3NO4. The highest BCUT2D eigenvalue weighted by Crippen LogP contribution is 2.34. The Morgan fingerprint density at radius 3 is 2.28 bits per heavy atom. The Labute approximate surface area is 160 Å². The van der Waals surface area contributed by atoms with Gasteiger partial charge < -0.3 is 19.5 Å². The van der Waals surface area contributed by atoms with Crippen LogP contribution in [0.2, 0.25) is 15.1 Å². The average molecular weight is 405 g/mol. The van der Waals surface area contributed by atoms with Crippen molar-refractivity contribution in [2.24, 2.45) is 0 Å². The molecule has 0 bridgehead atoms. The number of methoxy groups -OCH3 is 2. The second kappa shape index (κ2) is 8.52. The molecule has 1 N–H and O–H groups in total. The van der Waals surface area contributed by atoms with Crippen molar-refractivity contribution in [3.63, 3.8) is 0 Å². The molecular weight excluding hydrogens is 389 g/mol. The van der Waals surface area contributed by atoms with Crippen LogP contribution in [0.25, 0.3) is 0 Å². The van der Waals surface area contributed by atoms with Crippen molar-refractivity contribution in [1.82, 2.24) is 0 Å². The number of halogens is 3. The summed E-state index contributed by atoms with van der Waals surface area (Å²) in [7, 11) is 3.04. The molecule has 134 valence electrons. The Hall–Kier alpha value is -1.82. The molecule has 0 heterocycles. The molecule has 1 unspecified atom stereocenters. The highest BCUT2D eigenvalue weighted by molar-refractivity contribution is 6.43. The second-order valence-corrected chi connectivity index (χ2v) is 6.23. The lowest BCUT2D eigenvalue weighted by molar-refractivity contribution is -0.122. The number of amides is 1. The molecule has 2 aromatic rings. The Morgan fingerprint density at radius 2 is 1.64 bits per heavy atom. The standard InChI is InChI=1S/C17H16Cl3NO4/c1-9(25-16-8-12(19)11(18)7-13(16)20)17(22)21-14-6-10(23-2)4-5-15(14)24-3/h4-9H,1-3H3,(H,21,22). The van der Waals surface area contributed by atoms with Crippen molar-refractivity contribution >= 4 is 46.4 Å². The molecule has 8 heteroatoms. The summed E-state index contributed by atoms with van der Waals surface area (Å²) in [5.41, 5.74) is 0.461. The van der Waals surface area contributed by atoms with E-state index in [0.29, 0.717) is 22.2 Å². The van der Waals surface area contributed by atoms with Crippen LogP contribution in [0.5, 0.6) is 17.2 Å². The number of carbonyl (C=O) groups is 1. The summed E-state index contributed by atoms with van der Waals surface area (Å²) < 4.78 is 16.0. The lowest BCUT2D eigenvalue weighted by Crippen LogP contribution is -2.30. The summed E-state index contributed by atoms with van der Waals surface area (Å²) in [5, 5.41) is 3.57. The summed E-state index contributed by atoms with van der Waals surface area (Å²) >= 11 is 17.9. The SMILES string of the molecule is COc1ccc(OC)c(NC(=O)C(C)Oc2cc(Cl)c(Cl)cc2Cl)c1. The van der Waals surface area contributed by atoms with E-state index >= 15 is 0 Å². The molecule has 5 nitrogen and oxygen atoms in total. The zero-order valence-corrected chi connectivity index (χ0v) is 16.0. The van der Waals surface area contributed by atoms with Gasteiger partial charge in [-0.3, -0.25) is 4.79 Å². The molecule has 0 spiro atoms. The average Bonchev–Trinajstić information content (AvgIpc) is 2.59. The van der Waals surface area contributed by atoms with Crippen molar-refractivity contribution < 1.29 is 19.0 Å². The number of nitrogens with one attached hydrogen (secondary N) is 1. The van der Waals surface area contributed by atoms with Gasteiger partial charge in [0.15, 0.2) is 6.10 Å². The number of hydrogen-bond acceptors (Lipinski definition) is 4. The van der Waals surface area contributed by atoms with Crippen molar-refractivity contribution in [1.29, 1.82) is 0 Å². The van der Waals surface area contributed by atoms with Crippen LogP contribution in [0.15, 0.2) is 30.3 Å².